The molecule has 0 saturated carbocycles. The molecule has 0 saturated heterocycles. The zero-order valence-electron chi connectivity index (χ0n) is 9.25. The van der Waals surface area contributed by atoms with E-state index in [9.17, 15) is 10.1 Å². The fourth-order valence-corrected chi connectivity index (χ4v) is 1.82. The second-order valence-corrected chi connectivity index (χ2v) is 4.02. The quantitative estimate of drug-likeness (QED) is 0.491. The number of halogens is 1. The Morgan fingerprint density at radius 3 is 2.89 bits per heavy atom. The Hall–Kier alpha value is -1.95. The number of hydrogen-bond donors (Lipinski definition) is 0. The minimum absolute atomic E-state index is 0.0103. The number of nitro benzene ring substituents is 1. The third-order valence-corrected chi connectivity index (χ3v) is 2.84. The van der Waals surface area contributed by atoms with Gasteiger partial charge in [0.15, 0.2) is 0 Å². The van der Waals surface area contributed by atoms with E-state index in [4.69, 9.17) is 4.74 Å². The van der Waals surface area contributed by atoms with Crippen molar-refractivity contribution in [2.75, 3.05) is 0 Å². The largest absolute Gasteiger partial charge is 0.438 e. The van der Waals surface area contributed by atoms with Crippen molar-refractivity contribution in [1.29, 1.82) is 0 Å². The summed E-state index contributed by atoms with van der Waals surface area (Å²) in [5.41, 5.74) is 0.868. The van der Waals surface area contributed by atoms with E-state index < -0.39 is 4.92 Å². The van der Waals surface area contributed by atoms with Crippen molar-refractivity contribution >= 4 is 21.6 Å². The summed E-state index contributed by atoms with van der Waals surface area (Å²) in [6.07, 6.45) is 1.61. The molecule has 18 heavy (non-hydrogen) atoms. The van der Waals surface area contributed by atoms with E-state index in [-0.39, 0.29) is 5.69 Å². The van der Waals surface area contributed by atoms with Crippen LogP contribution in [0.2, 0.25) is 0 Å². The van der Waals surface area contributed by atoms with Crippen molar-refractivity contribution in [3.63, 3.8) is 0 Å². The van der Waals surface area contributed by atoms with Gasteiger partial charge in [-0.3, -0.25) is 10.1 Å². The number of nitrogens with zero attached hydrogens (tertiary/aromatic N) is 2. The smallest absolute Gasteiger partial charge is 0.273 e. The van der Waals surface area contributed by atoms with Gasteiger partial charge in [-0.05, 0) is 12.1 Å². The summed E-state index contributed by atoms with van der Waals surface area (Å²) in [6.45, 7) is 0. The van der Waals surface area contributed by atoms with Gasteiger partial charge in [0.25, 0.3) is 5.69 Å². The van der Waals surface area contributed by atoms with Crippen molar-refractivity contribution in [2.45, 2.75) is 5.33 Å². The third kappa shape index (κ3) is 2.84. The summed E-state index contributed by atoms with van der Waals surface area (Å²) in [5.74, 6) is 0.833. The molecule has 0 aliphatic rings. The van der Waals surface area contributed by atoms with Crippen molar-refractivity contribution in [3.05, 3.63) is 58.3 Å². The van der Waals surface area contributed by atoms with Crippen LogP contribution in [0.15, 0.2) is 42.6 Å². The van der Waals surface area contributed by atoms with Crippen LogP contribution < -0.4 is 4.74 Å². The number of hydrogen-bond acceptors (Lipinski definition) is 4. The summed E-state index contributed by atoms with van der Waals surface area (Å²) in [4.78, 5) is 14.3. The van der Waals surface area contributed by atoms with Crippen LogP contribution in [0.1, 0.15) is 5.56 Å². The van der Waals surface area contributed by atoms with Gasteiger partial charge in [-0.1, -0.05) is 28.1 Å². The molecule has 0 aliphatic carbocycles. The number of aromatic nitrogens is 1. The predicted molar refractivity (Wildman–Crippen MR) is 70.0 cm³/mol. The lowest BCUT2D eigenvalue weighted by atomic mass is 10.3. The van der Waals surface area contributed by atoms with Gasteiger partial charge in [-0.25, -0.2) is 4.98 Å². The number of nitro groups is 1. The van der Waals surface area contributed by atoms with Gasteiger partial charge < -0.3 is 4.74 Å². The first-order valence-electron chi connectivity index (χ1n) is 5.13. The van der Waals surface area contributed by atoms with Gasteiger partial charge >= 0.3 is 0 Å². The van der Waals surface area contributed by atoms with E-state index in [1.165, 1.54) is 12.1 Å². The molecule has 2 aromatic rings. The third-order valence-electron chi connectivity index (χ3n) is 2.24. The molecule has 0 aliphatic heterocycles. The first-order chi connectivity index (χ1) is 8.70. The van der Waals surface area contributed by atoms with Gasteiger partial charge in [0.05, 0.1) is 11.0 Å². The van der Waals surface area contributed by atoms with Gasteiger partial charge in [0.1, 0.15) is 5.75 Å². The van der Waals surface area contributed by atoms with Gasteiger partial charge in [-0.2, -0.15) is 0 Å². The van der Waals surface area contributed by atoms with Crippen LogP contribution >= 0.6 is 15.9 Å². The maximum atomic E-state index is 10.7. The number of rotatable bonds is 4. The molecule has 1 aromatic heterocycles. The minimum atomic E-state index is -0.462. The molecular formula is C12H9BrN2O3. The lowest BCUT2D eigenvalue weighted by Gasteiger charge is -2.07. The molecule has 0 fully saturated rings. The highest BCUT2D eigenvalue weighted by Gasteiger charge is 2.09. The molecule has 0 N–H and O–H groups in total. The Morgan fingerprint density at radius 1 is 1.33 bits per heavy atom. The second kappa shape index (κ2) is 5.59. The molecule has 0 unspecified atom stereocenters. The standard InChI is InChI=1S/C12H9BrN2O3/c13-8-9-3-2-6-14-12(9)18-11-5-1-4-10(7-11)15(16)17/h1-7H,8H2. The lowest BCUT2D eigenvalue weighted by Crippen LogP contribution is -1.93. The predicted octanol–water partition coefficient (Wildman–Crippen LogP) is 3.68. The normalized spacial score (nSPS) is 10.1. The summed E-state index contributed by atoms with van der Waals surface area (Å²) in [5, 5.41) is 11.3. The number of alkyl halides is 1. The first-order valence-corrected chi connectivity index (χ1v) is 6.25. The van der Waals surface area contributed by atoms with Crippen molar-refractivity contribution in [2.24, 2.45) is 0 Å². The van der Waals surface area contributed by atoms with E-state index in [1.807, 2.05) is 6.07 Å². The molecule has 1 aromatic carbocycles. The molecule has 2 rings (SSSR count). The van der Waals surface area contributed by atoms with E-state index in [2.05, 4.69) is 20.9 Å². The summed E-state index contributed by atoms with van der Waals surface area (Å²) in [7, 11) is 0. The fourth-order valence-electron chi connectivity index (χ4n) is 1.39. The van der Waals surface area contributed by atoms with Crippen LogP contribution in [0.25, 0.3) is 0 Å². The number of non-ortho nitro benzene ring substituents is 1. The number of ether oxygens (including phenoxy) is 1. The monoisotopic (exact) mass is 308 g/mol. The fraction of sp³-hybridized carbons (Fsp3) is 0.0833. The first kappa shape index (κ1) is 12.5. The Morgan fingerprint density at radius 2 is 2.17 bits per heavy atom. The van der Waals surface area contributed by atoms with Crippen LogP contribution in [0.5, 0.6) is 11.6 Å². The molecule has 5 nitrogen and oxygen atoms in total. The number of benzene rings is 1. The highest BCUT2D eigenvalue weighted by atomic mass is 79.9. The summed E-state index contributed by atoms with van der Waals surface area (Å²) in [6, 6.07) is 9.68. The Balaban J connectivity index is 2.28. The number of pyridine rings is 1. The highest BCUT2D eigenvalue weighted by Crippen LogP contribution is 2.26. The van der Waals surface area contributed by atoms with Gasteiger partial charge in [0, 0.05) is 23.2 Å². The Kier molecular flexibility index (Phi) is 3.88. The molecular weight excluding hydrogens is 300 g/mol. The molecule has 0 radical (unpaired) electrons. The van der Waals surface area contributed by atoms with Crippen LogP contribution in [0.3, 0.4) is 0 Å². The summed E-state index contributed by atoms with van der Waals surface area (Å²) < 4.78 is 5.55. The van der Waals surface area contributed by atoms with E-state index >= 15 is 0 Å². The van der Waals surface area contributed by atoms with E-state index in [1.54, 1.807) is 24.4 Å². The lowest BCUT2D eigenvalue weighted by molar-refractivity contribution is -0.384. The zero-order valence-corrected chi connectivity index (χ0v) is 10.8. The molecule has 6 heteroatoms. The molecule has 1 heterocycles. The SMILES string of the molecule is O=[N+]([O-])c1cccc(Oc2ncccc2CBr)c1. The maximum Gasteiger partial charge on any atom is 0.273 e. The average Bonchev–Trinajstić information content (AvgIpc) is 2.39. The minimum Gasteiger partial charge on any atom is -0.438 e. The molecule has 0 atom stereocenters. The molecule has 92 valence electrons. The maximum absolute atomic E-state index is 10.7. The van der Waals surface area contributed by atoms with Crippen LogP contribution in [0.4, 0.5) is 5.69 Å². The van der Waals surface area contributed by atoms with Crippen molar-refractivity contribution < 1.29 is 9.66 Å². The molecule has 0 amide bonds. The molecule has 0 spiro atoms. The Labute approximate surface area is 112 Å². The van der Waals surface area contributed by atoms with Gasteiger partial charge in [-0.15, -0.1) is 0 Å². The second-order valence-electron chi connectivity index (χ2n) is 3.46. The van der Waals surface area contributed by atoms with Crippen LogP contribution in [0, 0.1) is 10.1 Å². The van der Waals surface area contributed by atoms with Crippen molar-refractivity contribution in [3.8, 4) is 11.6 Å². The van der Waals surface area contributed by atoms with Crippen LogP contribution in [-0.2, 0) is 5.33 Å². The molecule has 0 bridgehead atoms. The van der Waals surface area contributed by atoms with Crippen LogP contribution in [-0.4, -0.2) is 9.91 Å². The zero-order chi connectivity index (χ0) is 13.0. The van der Waals surface area contributed by atoms with Crippen molar-refractivity contribution in [1.82, 2.24) is 4.98 Å². The highest BCUT2D eigenvalue weighted by molar-refractivity contribution is 9.08. The van der Waals surface area contributed by atoms with Gasteiger partial charge in [0.2, 0.25) is 5.88 Å². The topological polar surface area (TPSA) is 65.3 Å². The van der Waals surface area contributed by atoms with E-state index in [0.29, 0.717) is 17.0 Å². The average molecular weight is 309 g/mol. The van der Waals surface area contributed by atoms with E-state index in [0.717, 1.165) is 5.56 Å². The Bertz CT molecular complexity index is 575. The summed E-state index contributed by atoms with van der Waals surface area (Å²) >= 11 is 3.33.